The Bertz CT molecular complexity index is 578. The van der Waals surface area contributed by atoms with E-state index >= 15 is 0 Å². The molecular weight excluding hydrogens is 325 g/mol. The van der Waals surface area contributed by atoms with Gasteiger partial charge in [0.15, 0.2) is 5.69 Å². The van der Waals surface area contributed by atoms with Crippen LogP contribution < -0.4 is 9.80 Å². The molecule has 2 atom stereocenters. The van der Waals surface area contributed by atoms with Crippen molar-refractivity contribution in [2.45, 2.75) is 31.5 Å². The van der Waals surface area contributed by atoms with E-state index in [1.54, 1.807) is 9.80 Å². The van der Waals surface area contributed by atoms with E-state index in [1.807, 2.05) is 0 Å². The Labute approximate surface area is 137 Å². The molecule has 0 unspecified atom stereocenters. The number of nitrogens with zero attached hydrogens (tertiary/aromatic N) is 4. The third-order valence-corrected chi connectivity index (χ3v) is 4.66. The van der Waals surface area contributed by atoms with Crippen LogP contribution in [0.25, 0.3) is 0 Å². The summed E-state index contributed by atoms with van der Waals surface area (Å²) in [4.78, 5) is 11.4. The molecule has 1 aromatic heterocycles. The van der Waals surface area contributed by atoms with E-state index in [0.717, 1.165) is 18.9 Å². The summed E-state index contributed by atoms with van der Waals surface area (Å²) in [6.07, 6.45) is -3.01. The zero-order valence-electron chi connectivity index (χ0n) is 13.2. The van der Waals surface area contributed by atoms with Gasteiger partial charge < -0.3 is 20.0 Å². The minimum Gasteiger partial charge on any atom is -0.396 e. The maximum absolute atomic E-state index is 13.2. The number of β-amino-alcohol motifs (C(OH)–C–C–N with tert-alkyl or cyclic N) is 1. The Morgan fingerprint density at radius 1 is 1.12 bits per heavy atom. The standard InChI is InChI=1S/C15H21F3N4O2/c16-15(17,18)12-7-13(20-14(19-12)21-4-1-2-5-21)22-6-3-10(9-23)11(24)8-22/h7,10-11,23-24H,1-6,8-9H2/t10-,11-/m1/s1. The van der Waals surface area contributed by atoms with Crippen LogP contribution in [0.4, 0.5) is 24.9 Å². The van der Waals surface area contributed by atoms with Gasteiger partial charge in [-0.1, -0.05) is 0 Å². The predicted molar refractivity (Wildman–Crippen MR) is 81.9 cm³/mol. The van der Waals surface area contributed by atoms with Crippen LogP contribution in [0.3, 0.4) is 0 Å². The Hall–Kier alpha value is -1.61. The van der Waals surface area contributed by atoms with E-state index in [0.29, 0.717) is 26.1 Å². The first kappa shape index (κ1) is 17.2. The fourth-order valence-electron chi connectivity index (χ4n) is 3.19. The van der Waals surface area contributed by atoms with E-state index in [4.69, 9.17) is 0 Å². The van der Waals surface area contributed by atoms with Crippen LogP contribution >= 0.6 is 0 Å². The fraction of sp³-hybridized carbons (Fsp3) is 0.733. The minimum absolute atomic E-state index is 0.0936. The molecule has 0 amide bonds. The van der Waals surface area contributed by atoms with Gasteiger partial charge in [-0.05, 0) is 19.3 Å². The first-order valence-electron chi connectivity index (χ1n) is 8.13. The molecule has 134 valence electrons. The summed E-state index contributed by atoms with van der Waals surface area (Å²) in [5, 5.41) is 19.2. The van der Waals surface area contributed by atoms with Crippen LogP contribution in [0.15, 0.2) is 6.07 Å². The molecule has 0 aromatic carbocycles. The summed E-state index contributed by atoms with van der Waals surface area (Å²) in [7, 11) is 0. The summed E-state index contributed by atoms with van der Waals surface area (Å²) in [6.45, 7) is 1.76. The summed E-state index contributed by atoms with van der Waals surface area (Å²) in [5.74, 6) is 0.0222. The van der Waals surface area contributed by atoms with E-state index in [-0.39, 0.29) is 30.8 Å². The van der Waals surface area contributed by atoms with E-state index in [1.165, 1.54) is 0 Å². The van der Waals surface area contributed by atoms with Crippen molar-refractivity contribution in [1.82, 2.24) is 9.97 Å². The number of hydrogen-bond donors (Lipinski definition) is 2. The van der Waals surface area contributed by atoms with E-state index < -0.39 is 18.0 Å². The van der Waals surface area contributed by atoms with Gasteiger partial charge in [0.05, 0.1) is 6.10 Å². The largest absolute Gasteiger partial charge is 0.433 e. The highest BCUT2D eigenvalue weighted by Gasteiger charge is 2.36. The van der Waals surface area contributed by atoms with E-state index in [9.17, 15) is 23.4 Å². The van der Waals surface area contributed by atoms with Crippen LogP contribution in [0, 0.1) is 5.92 Å². The molecular formula is C15H21F3N4O2. The molecule has 6 nitrogen and oxygen atoms in total. The average Bonchev–Trinajstić information content (AvgIpc) is 3.08. The Morgan fingerprint density at radius 3 is 2.42 bits per heavy atom. The molecule has 9 heteroatoms. The second-order valence-corrected chi connectivity index (χ2v) is 6.35. The third kappa shape index (κ3) is 3.56. The van der Waals surface area contributed by atoms with Crippen LogP contribution in [0.1, 0.15) is 25.0 Å². The monoisotopic (exact) mass is 346 g/mol. The van der Waals surface area contributed by atoms with Crippen molar-refractivity contribution < 1.29 is 23.4 Å². The molecule has 2 aliphatic heterocycles. The maximum Gasteiger partial charge on any atom is 0.433 e. The lowest BCUT2D eigenvalue weighted by molar-refractivity contribution is -0.141. The molecule has 0 spiro atoms. The first-order chi connectivity index (χ1) is 11.4. The lowest BCUT2D eigenvalue weighted by Gasteiger charge is -2.36. The van der Waals surface area contributed by atoms with Crippen molar-refractivity contribution in [3.8, 4) is 0 Å². The number of anilines is 2. The van der Waals surface area contributed by atoms with Crippen molar-refractivity contribution in [3.05, 3.63) is 11.8 Å². The van der Waals surface area contributed by atoms with Crippen LogP contribution in [0.5, 0.6) is 0 Å². The van der Waals surface area contributed by atoms with Gasteiger partial charge in [-0.3, -0.25) is 0 Å². The number of piperidine rings is 1. The smallest absolute Gasteiger partial charge is 0.396 e. The van der Waals surface area contributed by atoms with Crippen molar-refractivity contribution in [2.24, 2.45) is 5.92 Å². The fourth-order valence-corrected chi connectivity index (χ4v) is 3.19. The molecule has 2 aliphatic rings. The first-order valence-corrected chi connectivity index (χ1v) is 8.13. The number of halogens is 3. The molecule has 3 rings (SSSR count). The van der Waals surface area contributed by atoms with Crippen LogP contribution in [0.2, 0.25) is 0 Å². The summed E-state index contributed by atoms with van der Waals surface area (Å²) in [6, 6.07) is 0.936. The molecule has 0 radical (unpaired) electrons. The molecule has 0 saturated carbocycles. The second kappa shape index (κ2) is 6.72. The van der Waals surface area contributed by atoms with Gasteiger partial charge in [-0.25, -0.2) is 4.98 Å². The number of aromatic nitrogens is 2. The highest BCUT2D eigenvalue weighted by molar-refractivity contribution is 5.47. The second-order valence-electron chi connectivity index (χ2n) is 6.35. The Kier molecular flexibility index (Phi) is 4.82. The highest BCUT2D eigenvalue weighted by atomic mass is 19.4. The third-order valence-electron chi connectivity index (χ3n) is 4.66. The molecule has 0 aliphatic carbocycles. The van der Waals surface area contributed by atoms with Gasteiger partial charge in [0.2, 0.25) is 5.95 Å². The van der Waals surface area contributed by atoms with Gasteiger partial charge in [-0.2, -0.15) is 18.2 Å². The Balaban J connectivity index is 1.90. The highest BCUT2D eigenvalue weighted by Crippen LogP contribution is 2.33. The summed E-state index contributed by atoms with van der Waals surface area (Å²) in [5.41, 5.74) is -0.965. The number of aliphatic hydroxyl groups is 2. The zero-order chi connectivity index (χ0) is 17.3. The van der Waals surface area contributed by atoms with Gasteiger partial charge >= 0.3 is 6.18 Å². The lowest BCUT2D eigenvalue weighted by atomic mass is 9.95. The van der Waals surface area contributed by atoms with Gasteiger partial charge in [0.1, 0.15) is 5.82 Å². The van der Waals surface area contributed by atoms with Crippen LogP contribution in [-0.2, 0) is 6.18 Å². The number of aliphatic hydroxyl groups excluding tert-OH is 2. The van der Waals surface area contributed by atoms with Gasteiger partial charge in [-0.15, -0.1) is 0 Å². The SMILES string of the molecule is OC[C@H]1CCN(c2cc(C(F)(F)F)nc(N3CCCC3)n2)C[C@H]1O. The predicted octanol–water partition coefficient (Wildman–Crippen LogP) is 1.28. The maximum atomic E-state index is 13.2. The molecule has 24 heavy (non-hydrogen) atoms. The van der Waals surface area contributed by atoms with Crippen molar-refractivity contribution in [1.29, 1.82) is 0 Å². The topological polar surface area (TPSA) is 72.7 Å². The van der Waals surface area contributed by atoms with Crippen molar-refractivity contribution in [3.63, 3.8) is 0 Å². The van der Waals surface area contributed by atoms with Gasteiger partial charge in [0, 0.05) is 44.8 Å². The Morgan fingerprint density at radius 2 is 1.83 bits per heavy atom. The molecule has 2 N–H and O–H groups in total. The average molecular weight is 346 g/mol. The number of rotatable bonds is 3. The normalized spacial score (nSPS) is 25.4. The molecule has 2 fully saturated rings. The zero-order valence-corrected chi connectivity index (χ0v) is 13.2. The molecule has 0 bridgehead atoms. The molecule has 3 heterocycles. The van der Waals surface area contributed by atoms with Crippen molar-refractivity contribution >= 4 is 11.8 Å². The van der Waals surface area contributed by atoms with Gasteiger partial charge in [0.25, 0.3) is 0 Å². The summed E-state index contributed by atoms with van der Waals surface area (Å²) < 4.78 is 39.6. The lowest BCUT2D eigenvalue weighted by Crippen LogP contribution is -2.45. The summed E-state index contributed by atoms with van der Waals surface area (Å²) >= 11 is 0. The molecule has 1 aromatic rings. The number of alkyl halides is 3. The molecule has 2 saturated heterocycles. The minimum atomic E-state index is -4.55. The van der Waals surface area contributed by atoms with Crippen LogP contribution in [-0.4, -0.2) is 59.1 Å². The number of hydrogen-bond acceptors (Lipinski definition) is 6. The van der Waals surface area contributed by atoms with E-state index in [2.05, 4.69) is 9.97 Å². The van der Waals surface area contributed by atoms with Crippen molar-refractivity contribution in [2.75, 3.05) is 42.6 Å². The quantitative estimate of drug-likeness (QED) is 0.859.